The minimum absolute atomic E-state index is 0.00796. The third-order valence-corrected chi connectivity index (χ3v) is 5.28. The molecule has 0 radical (unpaired) electrons. The number of carbonyl (C=O) groups excluding carboxylic acids is 1. The highest BCUT2D eigenvalue weighted by molar-refractivity contribution is 8.01. The highest BCUT2D eigenvalue weighted by Crippen LogP contribution is 2.38. The van der Waals surface area contributed by atoms with E-state index in [4.69, 9.17) is 0 Å². The van der Waals surface area contributed by atoms with Gasteiger partial charge in [0.15, 0.2) is 0 Å². The Morgan fingerprint density at radius 3 is 2.71 bits per heavy atom. The summed E-state index contributed by atoms with van der Waals surface area (Å²) >= 11 is 1.69. The van der Waals surface area contributed by atoms with Crippen LogP contribution in [0.2, 0.25) is 0 Å². The number of fused-ring (bicyclic) bond motifs is 1. The number of carbonyl (C=O) groups is 1. The molecule has 2 aromatic carbocycles. The second-order valence-electron chi connectivity index (χ2n) is 5.61. The number of thioether (sulfide) groups is 1. The van der Waals surface area contributed by atoms with Crippen LogP contribution in [0.25, 0.3) is 0 Å². The standard InChI is InChI=1S/C18H19NOS/c1-12-8-9-16-14(10-12)11-17(21-16)18(20)19(3)15-7-5-4-6-13(15)2/h4-10,17H,11H2,1-3H3. The van der Waals surface area contributed by atoms with Gasteiger partial charge in [0.25, 0.3) is 0 Å². The van der Waals surface area contributed by atoms with Gasteiger partial charge in [-0.15, -0.1) is 11.8 Å². The number of aryl methyl sites for hydroxylation is 2. The second-order valence-corrected chi connectivity index (χ2v) is 6.85. The highest BCUT2D eigenvalue weighted by Gasteiger charge is 2.31. The van der Waals surface area contributed by atoms with Crippen molar-refractivity contribution in [3.05, 3.63) is 59.2 Å². The van der Waals surface area contributed by atoms with Crippen LogP contribution in [-0.4, -0.2) is 18.2 Å². The molecule has 3 rings (SSSR count). The van der Waals surface area contributed by atoms with Crippen LogP contribution in [0.4, 0.5) is 5.69 Å². The molecular weight excluding hydrogens is 278 g/mol. The highest BCUT2D eigenvalue weighted by atomic mass is 32.2. The first-order valence-corrected chi connectivity index (χ1v) is 8.03. The molecular formula is C18H19NOS. The molecule has 1 amide bonds. The third kappa shape index (κ3) is 2.70. The van der Waals surface area contributed by atoms with Crippen LogP contribution in [0, 0.1) is 13.8 Å². The summed E-state index contributed by atoms with van der Waals surface area (Å²) in [6.45, 7) is 4.14. The average Bonchev–Trinajstić information content (AvgIpc) is 2.89. The van der Waals surface area contributed by atoms with Gasteiger partial charge in [0.1, 0.15) is 0 Å². The lowest BCUT2D eigenvalue weighted by Crippen LogP contribution is -2.34. The SMILES string of the molecule is Cc1ccc2c(c1)CC(C(=O)N(C)c1ccccc1C)S2. The lowest BCUT2D eigenvalue weighted by molar-refractivity contribution is -0.117. The van der Waals surface area contributed by atoms with Gasteiger partial charge in [0, 0.05) is 17.6 Å². The molecule has 3 heteroatoms. The number of para-hydroxylation sites is 1. The fourth-order valence-corrected chi connectivity index (χ4v) is 4.06. The molecule has 0 saturated carbocycles. The molecule has 0 N–H and O–H groups in total. The van der Waals surface area contributed by atoms with Crippen LogP contribution in [0.5, 0.6) is 0 Å². The summed E-state index contributed by atoms with van der Waals surface area (Å²) in [5.74, 6) is 0.183. The lowest BCUT2D eigenvalue weighted by atomic mass is 10.1. The molecule has 2 nitrogen and oxygen atoms in total. The molecule has 1 aliphatic rings. The Labute approximate surface area is 130 Å². The van der Waals surface area contributed by atoms with Gasteiger partial charge in [-0.25, -0.2) is 0 Å². The molecule has 0 fully saturated rings. The first kappa shape index (κ1) is 14.2. The minimum Gasteiger partial charge on any atom is -0.314 e. The molecule has 1 atom stereocenters. The Bertz CT molecular complexity index is 695. The number of amides is 1. The fraction of sp³-hybridized carbons (Fsp3) is 0.278. The van der Waals surface area contributed by atoms with E-state index in [1.54, 1.807) is 16.7 Å². The monoisotopic (exact) mass is 297 g/mol. The van der Waals surface area contributed by atoms with E-state index in [-0.39, 0.29) is 11.2 Å². The van der Waals surface area contributed by atoms with Crippen LogP contribution in [0.1, 0.15) is 16.7 Å². The number of benzene rings is 2. The Morgan fingerprint density at radius 2 is 1.95 bits per heavy atom. The first-order chi connectivity index (χ1) is 10.1. The van der Waals surface area contributed by atoms with Crippen LogP contribution in [-0.2, 0) is 11.2 Å². The molecule has 2 aromatic rings. The van der Waals surface area contributed by atoms with Gasteiger partial charge in [0.05, 0.1) is 5.25 Å². The van der Waals surface area contributed by atoms with E-state index < -0.39 is 0 Å². The summed E-state index contributed by atoms with van der Waals surface area (Å²) < 4.78 is 0. The Kier molecular flexibility index (Phi) is 3.77. The summed E-state index contributed by atoms with van der Waals surface area (Å²) in [5, 5.41) is -0.00796. The number of anilines is 1. The van der Waals surface area contributed by atoms with Gasteiger partial charge in [-0.3, -0.25) is 4.79 Å². The Morgan fingerprint density at radius 1 is 1.19 bits per heavy atom. The Balaban J connectivity index is 1.80. The smallest absolute Gasteiger partial charge is 0.240 e. The quantitative estimate of drug-likeness (QED) is 0.835. The van der Waals surface area contributed by atoms with Crippen molar-refractivity contribution in [3.63, 3.8) is 0 Å². The summed E-state index contributed by atoms with van der Waals surface area (Å²) in [6.07, 6.45) is 0.830. The van der Waals surface area contributed by atoms with Crippen molar-refractivity contribution in [2.75, 3.05) is 11.9 Å². The Hall–Kier alpha value is -1.74. The normalized spacial score (nSPS) is 16.6. The van der Waals surface area contributed by atoms with Gasteiger partial charge < -0.3 is 4.90 Å². The number of hydrogen-bond acceptors (Lipinski definition) is 2. The molecule has 1 heterocycles. The van der Waals surface area contributed by atoms with E-state index in [1.165, 1.54) is 16.0 Å². The summed E-state index contributed by atoms with van der Waals surface area (Å²) in [6, 6.07) is 14.5. The maximum atomic E-state index is 12.8. The zero-order valence-corrected chi connectivity index (χ0v) is 13.4. The maximum Gasteiger partial charge on any atom is 0.240 e. The predicted octanol–water partition coefficient (Wildman–Crippen LogP) is 3.98. The lowest BCUT2D eigenvalue weighted by Gasteiger charge is -2.22. The van der Waals surface area contributed by atoms with E-state index in [0.717, 1.165) is 17.7 Å². The van der Waals surface area contributed by atoms with E-state index in [2.05, 4.69) is 25.1 Å². The van der Waals surface area contributed by atoms with Gasteiger partial charge in [-0.05, 0) is 43.5 Å². The van der Waals surface area contributed by atoms with Crippen molar-refractivity contribution in [1.29, 1.82) is 0 Å². The van der Waals surface area contributed by atoms with Gasteiger partial charge in [-0.2, -0.15) is 0 Å². The maximum absolute atomic E-state index is 12.8. The van der Waals surface area contributed by atoms with Crippen LogP contribution < -0.4 is 4.90 Å². The second kappa shape index (κ2) is 5.57. The molecule has 0 saturated heterocycles. The van der Waals surface area contributed by atoms with Crippen molar-refractivity contribution in [3.8, 4) is 0 Å². The molecule has 0 aromatic heterocycles. The summed E-state index contributed by atoms with van der Waals surface area (Å²) in [7, 11) is 1.87. The molecule has 1 aliphatic heterocycles. The minimum atomic E-state index is -0.00796. The van der Waals surface area contributed by atoms with E-state index in [1.807, 2.05) is 38.2 Å². The zero-order chi connectivity index (χ0) is 15.0. The largest absolute Gasteiger partial charge is 0.314 e. The van der Waals surface area contributed by atoms with Gasteiger partial charge in [0.2, 0.25) is 5.91 Å². The summed E-state index contributed by atoms with van der Waals surface area (Å²) in [4.78, 5) is 15.8. The molecule has 21 heavy (non-hydrogen) atoms. The first-order valence-electron chi connectivity index (χ1n) is 7.15. The average molecular weight is 297 g/mol. The van der Waals surface area contributed by atoms with Crippen molar-refractivity contribution < 1.29 is 4.79 Å². The van der Waals surface area contributed by atoms with Gasteiger partial charge >= 0.3 is 0 Å². The molecule has 1 unspecified atom stereocenters. The van der Waals surface area contributed by atoms with Gasteiger partial charge in [-0.1, -0.05) is 35.9 Å². The summed E-state index contributed by atoms with van der Waals surface area (Å²) in [5.41, 5.74) is 4.69. The molecule has 0 bridgehead atoms. The van der Waals surface area contributed by atoms with Crippen molar-refractivity contribution in [1.82, 2.24) is 0 Å². The van der Waals surface area contributed by atoms with Crippen LogP contribution >= 0.6 is 11.8 Å². The van der Waals surface area contributed by atoms with Crippen molar-refractivity contribution in [2.45, 2.75) is 30.4 Å². The topological polar surface area (TPSA) is 20.3 Å². The van der Waals surface area contributed by atoms with Crippen molar-refractivity contribution in [2.24, 2.45) is 0 Å². The molecule has 0 aliphatic carbocycles. The number of rotatable bonds is 2. The number of hydrogen-bond donors (Lipinski definition) is 0. The third-order valence-electron chi connectivity index (χ3n) is 3.97. The molecule has 108 valence electrons. The van der Waals surface area contributed by atoms with Crippen molar-refractivity contribution >= 4 is 23.4 Å². The van der Waals surface area contributed by atoms with E-state index in [0.29, 0.717) is 0 Å². The number of nitrogens with zero attached hydrogens (tertiary/aromatic N) is 1. The van der Waals surface area contributed by atoms with E-state index in [9.17, 15) is 4.79 Å². The predicted molar refractivity (Wildman–Crippen MR) is 89.1 cm³/mol. The fourth-order valence-electron chi connectivity index (χ4n) is 2.79. The molecule has 0 spiro atoms. The van der Waals surface area contributed by atoms with Crippen LogP contribution in [0.15, 0.2) is 47.4 Å². The zero-order valence-electron chi connectivity index (χ0n) is 12.6. The van der Waals surface area contributed by atoms with Crippen LogP contribution in [0.3, 0.4) is 0 Å². The van der Waals surface area contributed by atoms with E-state index >= 15 is 0 Å².